The molecule has 2 aliphatic rings. The van der Waals surface area contributed by atoms with Crippen molar-refractivity contribution in [2.24, 2.45) is 16.3 Å². The number of guanidine groups is 1. The molecule has 5 heteroatoms. The lowest BCUT2D eigenvalue weighted by molar-refractivity contribution is 0.00424. The number of nitrogens with one attached hydrogen (secondary N) is 1. The summed E-state index contributed by atoms with van der Waals surface area (Å²) in [7, 11) is 0. The first-order valence-electron chi connectivity index (χ1n) is 3.69. The summed E-state index contributed by atoms with van der Waals surface area (Å²) in [5, 5.41) is 14.5. The third-order valence-electron chi connectivity index (χ3n) is 2.48. The highest BCUT2D eigenvalue weighted by molar-refractivity contribution is 5.78. The Labute approximate surface area is 64.8 Å². The van der Waals surface area contributed by atoms with Crippen LogP contribution >= 0.6 is 0 Å². The van der Waals surface area contributed by atoms with Crippen molar-refractivity contribution in [3.8, 4) is 0 Å². The summed E-state index contributed by atoms with van der Waals surface area (Å²) in [4.78, 5) is 1.88. The van der Waals surface area contributed by atoms with E-state index in [4.69, 9.17) is 10.9 Å². The number of nitrogens with zero attached hydrogens (tertiary/aromatic N) is 2. The van der Waals surface area contributed by atoms with E-state index in [1.807, 2.05) is 4.90 Å². The molecule has 2 aliphatic heterocycles. The maximum absolute atomic E-state index is 8.34. The maximum Gasteiger partial charge on any atom is 0.233 e. The van der Waals surface area contributed by atoms with Gasteiger partial charge in [0, 0.05) is 31.6 Å². The molecule has 0 aromatic rings. The van der Waals surface area contributed by atoms with Crippen molar-refractivity contribution < 1.29 is 5.21 Å². The summed E-state index contributed by atoms with van der Waals surface area (Å²) in [5.41, 5.74) is 5.82. The molecule has 5 nitrogen and oxygen atoms in total. The summed E-state index contributed by atoms with van der Waals surface area (Å²) < 4.78 is 0. The van der Waals surface area contributed by atoms with Crippen LogP contribution in [0.2, 0.25) is 0 Å². The van der Waals surface area contributed by atoms with Crippen LogP contribution in [-0.2, 0) is 0 Å². The summed E-state index contributed by atoms with van der Waals surface area (Å²) in [6.07, 6.45) is 0. The van der Waals surface area contributed by atoms with Crippen LogP contribution in [0.15, 0.2) is 5.16 Å². The molecule has 0 saturated carbocycles. The Bertz CT molecular complexity index is 191. The summed E-state index contributed by atoms with van der Waals surface area (Å²) >= 11 is 0. The molecule has 2 saturated heterocycles. The van der Waals surface area contributed by atoms with Gasteiger partial charge in [-0.05, 0) is 0 Å². The van der Waals surface area contributed by atoms with Crippen LogP contribution in [-0.4, -0.2) is 42.2 Å². The van der Waals surface area contributed by atoms with Crippen molar-refractivity contribution in [1.82, 2.24) is 10.2 Å². The lowest BCUT2D eigenvalue weighted by atomic mass is 9.75. The van der Waals surface area contributed by atoms with Crippen molar-refractivity contribution >= 4 is 5.96 Å². The minimum Gasteiger partial charge on any atom is -0.408 e. The van der Waals surface area contributed by atoms with Crippen LogP contribution in [0.1, 0.15) is 0 Å². The molecule has 1 spiro atoms. The van der Waals surface area contributed by atoms with Crippen molar-refractivity contribution in [3.05, 3.63) is 0 Å². The molecule has 0 radical (unpaired) electrons. The van der Waals surface area contributed by atoms with E-state index < -0.39 is 0 Å². The second kappa shape index (κ2) is 2.01. The Morgan fingerprint density at radius 2 is 2.18 bits per heavy atom. The number of hydrogen-bond donors (Lipinski definition) is 3. The molecule has 4 N–H and O–H groups in total. The Morgan fingerprint density at radius 3 is 2.55 bits per heavy atom. The molecule has 0 unspecified atom stereocenters. The highest BCUT2D eigenvalue weighted by Gasteiger charge is 2.48. The number of rotatable bonds is 0. The fourth-order valence-electron chi connectivity index (χ4n) is 1.69. The first kappa shape index (κ1) is 6.72. The van der Waals surface area contributed by atoms with Gasteiger partial charge in [-0.1, -0.05) is 5.16 Å². The maximum atomic E-state index is 8.34. The van der Waals surface area contributed by atoms with Gasteiger partial charge in [0.1, 0.15) is 0 Å². The van der Waals surface area contributed by atoms with Crippen LogP contribution < -0.4 is 11.1 Å². The molecule has 2 rings (SSSR count). The Balaban J connectivity index is 1.87. The van der Waals surface area contributed by atoms with Gasteiger partial charge in [0.15, 0.2) is 0 Å². The van der Waals surface area contributed by atoms with Gasteiger partial charge in [-0.25, -0.2) is 0 Å². The molecular weight excluding hydrogens is 144 g/mol. The van der Waals surface area contributed by atoms with Crippen molar-refractivity contribution in [2.75, 3.05) is 26.2 Å². The van der Waals surface area contributed by atoms with E-state index in [2.05, 4.69) is 10.5 Å². The number of nitrogens with two attached hydrogens (primary N) is 1. The summed E-state index contributed by atoms with van der Waals surface area (Å²) in [5.74, 6) is 0.238. The minimum absolute atomic E-state index is 0.238. The van der Waals surface area contributed by atoms with Gasteiger partial charge in [0.2, 0.25) is 5.96 Å². The van der Waals surface area contributed by atoms with Gasteiger partial charge in [-0.3, -0.25) is 0 Å². The zero-order valence-corrected chi connectivity index (χ0v) is 6.25. The minimum atomic E-state index is 0.238. The van der Waals surface area contributed by atoms with E-state index in [9.17, 15) is 0 Å². The van der Waals surface area contributed by atoms with Crippen LogP contribution in [0.25, 0.3) is 0 Å². The number of hydrogen-bond acceptors (Lipinski definition) is 3. The van der Waals surface area contributed by atoms with E-state index in [0.717, 1.165) is 26.2 Å². The smallest absolute Gasteiger partial charge is 0.233 e. The molecule has 2 fully saturated rings. The lowest BCUT2D eigenvalue weighted by Crippen LogP contribution is -2.72. The molecule has 2 heterocycles. The average Bonchev–Trinajstić information content (AvgIpc) is 1.81. The van der Waals surface area contributed by atoms with Crippen molar-refractivity contribution in [3.63, 3.8) is 0 Å². The Hall–Kier alpha value is -0.970. The Kier molecular flexibility index (Phi) is 1.23. The van der Waals surface area contributed by atoms with Crippen LogP contribution in [0, 0.1) is 5.41 Å². The zero-order valence-electron chi connectivity index (χ0n) is 6.25. The van der Waals surface area contributed by atoms with Gasteiger partial charge in [0.05, 0.1) is 0 Å². The van der Waals surface area contributed by atoms with Crippen LogP contribution in [0.4, 0.5) is 0 Å². The van der Waals surface area contributed by atoms with Gasteiger partial charge in [-0.2, -0.15) is 0 Å². The fraction of sp³-hybridized carbons (Fsp3) is 0.833. The quantitative estimate of drug-likeness (QED) is 0.174. The fourth-order valence-corrected chi connectivity index (χ4v) is 1.69. The monoisotopic (exact) mass is 156 g/mol. The molecule has 0 atom stereocenters. The zero-order chi connectivity index (χ0) is 7.90. The van der Waals surface area contributed by atoms with Gasteiger partial charge in [0.25, 0.3) is 0 Å². The predicted octanol–water partition coefficient (Wildman–Crippen LogP) is -1.40. The standard InChI is InChI=1S/C6H12N4O/c7-5(9-11)10-3-6(4-10)1-8-2-6/h8,11H,1-4H2,(H2,7,9). The molecule has 0 aliphatic carbocycles. The van der Waals surface area contributed by atoms with Gasteiger partial charge >= 0.3 is 0 Å². The molecule has 0 aromatic carbocycles. The third-order valence-corrected chi connectivity index (χ3v) is 2.48. The third kappa shape index (κ3) is 0.841. The highest BCUT2D eigenvalue weighted by Crippen LogP contribution is 2.33. The summed E-state index contributed by atoms with van der Waals surface area (Å²) in [6.45, 7) is 4.00. The SMILES string of the molecule is NC(=NO)N1CC2(CNC2)C1. The van der Waals surface area contributed by atoms with Gasteiger partial charge < -0.3 is 21.2 Å². The van der Waals surface area contributed by atoms with Crippen molar-refractivity contribution in [2.45, 2.75) is 0 Å². The largest absolute Gasteiger partial charge is 0.408 e. The van der Waals surface area contributed by atoms with E-state index in [-0.39, 0.29) is 5.96 Å². The topological polar surface area (TPSA) is 73.9 Å². The first-order chi connectivity index (χ1) is 5.26. The average molecular weight is 156 g/mol. The second-order valence-corrected chi connectivity index (χ2v) is 3.42. The Morgan fingerprint density at radius 1 is 1.55 bits per heavy atom. The second-order valence-electron chi connectivity index (χ2n) is 3.42. The normalized spacial score (nSPS) is 28.0. The molecular formula is C6H12N4O. The van der Waals surface area contributed by atoms with E-state index in [1.165, 1.54) is 0 Å². The number of oxime groups is 1. The van der Waals surface area contributed by atoms with Crippen molar-refractivity contribution in [1.29, 1.82) is 0 Å². The number of likely N-dealkylation sites (tertiary alicyclic amines) is 1. The molecule has 0 aromatic heterocycles. The van der Waals surface area contributed by atoms with E-state index in [0.29, 0.717) is 5.41 Å². The highest BCUT2D eigenvalue weighted by atomic mass is 16.4. The predicted molar refractivity (Wildman–Crippen MR) is 40.3 cm³/mol. The van der Waals surface area contributed by atoms with Gasteiger partial charge in [-0.15, -0.1) is 0 Å². The first-order valence-corrected chi connectivity index (χ1v) is 3.69. The van der Waals surface area contributed by atoms with Crippen LogP contribution in [0.3, 0.4) is 0 Å². The lowest BCUT2D eigenvalue weighted by Gasteiger charge is -2.56. The summed E-state index contributed by atoms with van der Waals surface area (Å²) in [6, 6.07) is 0. The van der Waals surface area contributed by atoms with Crippen LogP contribution in [0.5, 0.6) is 0 Å². The molecule has 62 valence electrons. The molecule has 11 heavy (non-hydrogen) atoms. The van der Waals surface area contributed by atoms with E-state index in [1.54, 1.807) is 0 Å². The molecule has 0 bridgehead atoms. The molecule has 0 amide bonds. The van der Waals surface area contributed by atoms with E-state index >= 15 is 0 Å².